The first-order valence-electron chi connectivity index (χ1n) is 6.56. The van der Waals surface area contributed by atoms with E-state index < -0.39 is 0 Å². The number of amides is 1. The minimum atomic E-state index is -0.199. The number of rotatable bonds is 3. The summed E-state index contributed by atoms with van der Waals surface area (Å²) >= 11 is 0. The summed E-state index contributed by atoms with van der Waals surface area (Å²) in [5.74, 6) is 6.05. The summed E-state index contributed by atoms with van der Waals surface area (Å²) in [5, 5.41) is 11.6. The fraction of sp³-hybridized carbons (Fsp3) is 0.250. The zero-order valence-corrected chi connectivity index (χ0v) is 12.1. The van der Waals surface area contributed by atoms with Crippen molar-refractivity contribution in [2.75, 3.05) is 6.61 Å². The Bertz CT molecular complexity index is 708. The van der Waals surface area contributed by atoms with Gasteiger partial charge in [0.1, 0.15) is 12.4 Å². The molecule has 0 aliphatic carbocycles. The minimum absolute atomic E-state index is 0.176. The van der Waals surface area contributed by atoms with Crippen molar-refractivity contribution in [3.05, 3.63) is 53.1 Å². The molecule has 21 heavy (non-hydrogen) atoms. The topological polar surface area (TPSA) is 67.2 Å². The Balaban J connectivity index is 2.10. The SMILES string of the molecule is Cc1ccc(C(=O)NCc2nccn2C)cc1C#CCO. The summed E-state index contributed by atoms with van der Waals surface area (Å²) in [6, 6.07) is 5.33. The molecule has 0 saturated heterocycles. The number of nitrogens with zero attached hydrogens (tertiary/aromatic N) is 2. The maximum atomic E-state index is 12.1. The second kappa shape index (κ2) is 6.73. The van der Waals surface area contributed by atoms with Gasteiger partial charge in [0.05, 0.1) is 6.54 Å². The van der Waals surface area contributed by atoms with E-state index in [1.165, 1.54) is 0 Å². The molecule has 1 aromatic carbocycles. The van der Waals surface area contributed by atoms with E-state index in [4.69, 9.17) is 5.11 Å². The summed E-state index contributed by atoms with van der Waals surface area (Å²) in [6.45, 7) is 2.08. The summed E-state index contributed by atoms with van der Waals surface area (Å²) in [7, 11) is 1.88. The largest absolute Gasteiger partial charge is 0.384 e. The van der Waals surface area contributed by atoms with Crippen LogP contribution in [0.25, 0.3) is 0 Å². The van der Waals surface area contributed by atoms with E-state index in [9.17, 15) is 4.79 Å². The maximum Gasteiger partial charge on any atom is 0.251 e. The van der Waals surface area contributed by atoms with Crippen molar-refractivity contribution in [2.24, 2.45) is 7.05 Å². The molecule has 0 aliphatic heterocycles. The third-order valence-electron chi connectivity index (χ3n) is 3.13. The fourth-order valence-electron chi connectivity index (χ4n) is 1.86. The lowest BCUT2D eigenvalue weighted by atomic mass is 10.0. The highest BCUT2D eigenvalue weighted by molar-refractivity contribution is 5.94. The van der Waals surface area contributed by atoms with Crippen molar-refractivity contribution >= 4 is 5.91 Å². The van der Waals surface area contributed by atoms with Crippen LogP contribution in [0.3, 0.4) is 0 Å². The second-order valence-corrected chi connectivity index (χ2v) is 4.63. The van der Waals surface area contributed by atoms with Crippen LogP contribution in [0.15, 0.2) is 30.6 Å². The first-order valence-corrected chi connectivity index (χ1v) is 6.56. The van der Waals surface area contributed by atoms with Crippen molar-refractivity contribution in [2.45, 2.75) is 13.5 Å². The predicted octanol–water partition coefficient (Wildman–Crippen LogP) is 1.00. The van der Waals surface area contributed by atoms with Gasteiger partial charge in [-0.05, 0) is 24.6 Å². The van der Waals surface area contributed by atoms with Crippen LogP contribution >= 0.6 is 0 Å². The molecule has 0 bridgehead atoms. The molecular weight excluding hydrogens is 266 g/mol. The lowest BCUT2D eigenvalue weighted by Gasteiger charge is -2.07. The van der Waals surface area contributed by atoms with E-state index >= 15 is 0 Å². The molecule has 1 amide bonds. The van der Waals surface area contributed by atoms with Crippen LogP contribution in [0.5, 0.6) is 0 Å². The van der Waals surface area contributed by atoms with Crippen LogP contribution in [0, 0.1) is 18.8 Å². The van der Waals surface area contributed by atoms with Crippen LogP contribution < -0.4 is 5.32 Å². The smallest absolute Gasteiger partial charge is 0.251 e. The molecule has 1 heterocycles. The zero-order chi connectivity index (χ0) is 15.2. The number of aryl methyl sites for hydroxylation is 2. The van der Waals surface area contributed by atoms with Crippen molar-refractivity contribution < 1.29 is 9.90 Å². The number of carbonyl (C=O) groups excluding carboxylic acids is 1. The van der Waals surface area contributed by atoms with Gasteiger partial charge in [0.15, 0.2) is 0 Å². The van der Waals surface area contributed by atoms with Gasteiger partial charge >= 0.3 is 0 Å². The quantitative estimate of drug-likeness (QED) is 0.826. The van der Waals surface area contributed by atoms with Gasteiger partial charge in [0.25, 0.3) is 5.91 Å². The molecule has 108 valence electrons. The number of hydrogen-bond donors (Lipinski definition) is 2. The van der Waals surface area contributed by atoms with E-state index in [0.717, 1.165) is 17.0 Å². The van der Waals surface area contributed by atoms with Crippen molar-refractivity contribution in [1.82, 2.24) is 14.9 Å². The van der Waals surface area contributed by atoms with Crippen LogP contribution in [-0.2, 0) is 13.6 Å². The summed E-state index contributed by atoms with van der Waals surface area (Å²) in [6.07, 6.45) is 3.52. The molecule has 2 N–H and O–H groups in total. The van der Waals surface area contributed by atoms with Gasteiger partial charge in [-0.2, -0.15) is 0 Å². The molecule has 0 atom stereocenters. The van der Waals surface area contributed by atoms with Gasteiger partial charge in [0, 0.05) is 30.6 Å². The Morgan fingerprint density at radius 2 is 2.29 bits per heavy atom. The molecule has 5 nitrogen and oxygen atoms in total. The van der Waals surface area contributed by atoms with Gasteiger partial charge in [-0.3, -0.25) is 4.79 Å². The average molecular weight is 283 g/mol. The number of aromatic nitrogens is 2. The van der Waals surface area contributed by atoms with Crippen molar-refractivity contribution in [3.63, 3.8) is 0 Å². The van der Waals surface area contributed by atoms with E-state index in [1.54, 1.807) is 18.3 Å². The van der Waals surface area contributed by atoms with Crippen LogP contribution in [-0.4, -0.2) is 27.2 Å². The first kappa shape index (κ1) is 14.8. The Hall–Kier alpha value is -2.58. The number of nitrogens with one attached hydrogen (secondary N) is 1. The molecule has 0 aliphatic rings. The highest BCUT2D eigenvalue weighted by Crippen LogP contribution is 2.10. The number of aliphatic hydroxyl groups is 1. The third kappa shape index (κ3) is 3.71. The van der Waals surface area contributed by atoms with E-state index in [-0.39, 0.29) is 12.5 Å². The second-order valence-electron chi connectivity index (χ2n) is 4.63. The molecule has 0 saturated carbocycles. The Morgan fingerprint density at radius 1 is 1.48 bits per heavy atom. The lowest BCUT2D eigenvalue weighted by molar-refractivity contribution is 0.0949. The predicted molar refractivity (Wildman–Crippen MR) is 79.5 cm³/mol. The van der Waals surface area contributed by atoms with Crippen LogP contribution in [0.4, 0.5) is 0 Å². The van der Waals surface area contributed by atoms with Gasteiger partial charge in [-0.15, -0.1) is 0 Å². The third-order valence-corrected chi connectivity index (χ3v) is 3.13. The van der Waals surface area contributed by atoms with E-state index in [1.807, 2.05) is 30.8 Å². The molecule has 1 aromatic heterocycles. The summed E-state index contributed by atoms with van der Waals surface area (Å²) < 4.78 is 1.85. The van der Waals surface area contributed by atoms with Gasteiger partial charge < -0.3 is 15.0 Å². The van der Waals surface area contributed by atoms with E-state index in [2.05, 4.69) is 22.1 Å². The van der Waals surface area contributed by atoms with E-state index in [0.29, 0.717) is 12.1 Å². The van der Waals surface area contributed by atoms with Gasteiger partial charge in [-0.1, -0.05) is 17.9 Å². The molecule has 0 radical (unpaired) electrons. The van der Waals surface area contributed by atoms with Crippen molar-refractivity contribution in [1.29, 1.82) is 0 Å². The molecule has 0 unspecified atom stereocenters. The van der Waals surface area contributed by atoms with Gasteiger partial charge in [-0.25, -0.2) is 4.98 Å². The van der Waals surface area contributed by atoms with Crippen LogP contribution in [0.2, 0.25) is 0 Å². The molecule has 2 rings (SSSR count). The average Bonchev–Trinajstić information content (AvgIpc) is 2.89. The number of carbonyl (C=O) groups is 1. The minimum Gasteiger partial charge on any atom is -0.384 e. The molecule has 0 spiro atoms. The Kier molecular flexibility index (Phi) is 4.75. The van der Waals surface area contributed by atoms with Gasteiger partial charge in [0.2, 0.25) is 0 Å². The van der Waals surface area contributed by atoms with Crippen molar-refractivity contribution in [3.8, 4) is 11.8 Å². The Morgan fingerprint density at radius 3 is 2.95 bits per heavy atom. The number of hydrogen-bond acceptors (Lipinski definition) is 3. The zero-order valence-electron chi connectivity index (χ0n) is 12.1. The highest BCUT2D eigenvalue weighted by Gasteiger charge is 2.08. The van der Waals surface area contributed by atoms with Crippen LogP contribution in [0.1, 0.15) is 27.3 Å². The fourth-order valence-corrected chi connectivity index (χ4v) is 1.86. The Labute approximate surface area is 123 Å². The maximum absolute atomic E-state index is 12.1. The monoisotopic (exact) mass is 283 g/mol. The number of aliphatic hydroxyl groups excluding tert-OH is 1. The first-order chi connectivity index (χ1) is 10.1. The number of imidazole rings is 1. The normalized spacial score (nSPS) is 9.86. The molecular formula is C16H17N3O2. The number of benzene rings is 1. The molecule has 0 fully saturated rings. The molecule has 5 heteroatoms. The molecule has 2 aromatic rings. The lowest BCUT2D eigenvalue weighted by Crippen LogP contribution is -2.24. The highest BCUT2D eigenvalue weighted by atomic mass is 16.2. The summed E-state index contributed by atoms with van der Waals surface area (Å²) in [5.41, 5.74) is 2.25. The summed E-state index contributed by atoms with van der Waals surface area (Å²) in [4.78, 5) is 16.3. The standard InChI is InChI=1S/C16H17N3O2/c1-12-5-6-14(10-13(12)4-3-9-20)16(21)18-11-15-17-7-8-19(15)2/h5-8,10,20H,9,11H2,1-2H3,(H,18,21).